The van der Waals surface area contributed by atoms with E-state index in [1.807, 2.05) is 0 Å². The Morgan fingerprint density at radius 3 is 0.275 bits per heavy atom. The van der Waals surface area contributed by atoms with Crippen molar-refractivity contribution < 1.29 is 0 Å². The van der Waals surface area contributed by atoms with E-state index in [4.69, 9.17) is 660 Å². The molecule has 0 amide bonds. The van der Waals surface area contributed by atoms with Crippen LogP contribution in [0.1, 0.15) is 0 Å². The van der Waals surface area contributed by atoms with Gasteiger partial charge in [-0.3, -0.25) is 0 Å². The number of halogens is 1. The molecule has 0 aliphatic rings. The fourth-order valence-electron chi connectivity index (χ4n) is 2.82. The molecule has 0 fully saturated rings. The van der Waals surface area contributed by atoms with Gasteiger partial charge in [0.2, 0.25) is 0 Å². The molecule has 1 unspecified atom stereocenters. The third-order valence-corrected chi connectivity index (χ3v) is 588. The van der Waals surface area contributed by atoms with E-state index in [0.29, 0.717) is 0 Å². The third kappa shape index (κ3) is 18.2. The van der Waals surface area contributed by atoms with Crippen molar-refractivity contribution in [2.45, 2.75) is 0 Å². The average Bonchev–Trinajstić information content (AvgIpc) is 3.31. The molecule has 0 saturated carbocycles. The molecule has 0 bridgehead atoms. The Kier molecular flexibility index (Phi) is 46.2. The summed E-state index contributed by atoms with van der Waals surface area (Å²) >= 11 is 363. The zero-order valence-corrected chi connectivity index (χ0v) is 113. The molecule has 0 aromatic rings. The Morgan fingerprint density at radius 1 is 0.143 bits per heavy atom. The molecule has 0 spiro atoms. The lowest BCUT2D eigenvalue weighted by Gasteiger charge is -2.37. The van der Waals surface area contributed by atoms with Crippen molar-refractivity contribution in [2.75, 3.05) is 0 Å². The lowest BCUT2D eigenvalue weighted by Crippen LogP contribution is -2.41. The first-order valence-electron chi connectivity index (χ1n) is 15.0. The standard InChI is InChI=1S/HIS90/c1-63(4,5)65(8,9)67(12,13)69(16,17)71(20,21)73(24,25)75(28,29)77(32,33)79(36,37)81(40,41)83(44,45)85(48,49)87(52,53)89(56,57)91(60,61)90(58,59)88(54,55)86(50,51)84(46,47)82(42,43)80(38,39)78(34,35)76(30,31)74(26,27)72(22,23)70(18,19)68(14,15)66(10,11)64(6,7)62(2)3/h(H,2,3). The molecule has 548 valence electrons. The Morgan fingerprint density at radius 2 is 0.209 bits per heavy atom. The summed E-state index contributed by atoms with van der Waals surface area (Å²) in [5, 5.41) is -109. The summed E-state index contributed by atoms with van der Waals surface area (Å²) in [6, 6.07) is 0. The summed E-state index contributed by atoms with van der Waals surface area (Å²) in [5.74, 6) is 0. The van der Waals surface area contributed by atoms with Crippen LogP contribution in [0.3, 0.4) is 0 Å². The van der Waals surface area contributed by atoms with Crippen LogP contribution in [0.25, 0.3) is 0 Å². The molecule has 0 aromatic heterocycles. The van der Waals surface area contributed by atoms with Crippen molar-refractivity contribution in [3.05, 3.63) is 0 Å². The van der Waals surface area contributed by atoms with E-state index in [9.17, 15) is 0 Å². The van der Waals surface area contributed by atoms with Crippen molar-refractivity contribution in [2.24, 2.45) is 0 Å². The molecular weight excluding hydrogens is 3010 g/mol. The fourth-order valence-corrected chi connectivity index (χ4v) is 696. The van der Waals surface area contributed by atoms with Crippen LogP contribution in [0.4, 0.5) is 0 Å². The molecule has 0 aromatic carbocycles. The van der Waals surface area contributed by atoms with Crippen LogP contribution in [0.2, 0.25) is 0 Å². The monoisotopic (exact) mass is 3010 g/mol. The van der Waals surface area contributed by atoms with E-state index in [1.165, 1.54) is 0 Å². The van der Waals surface area contributed by atoms with Gasteiger partial charge in [-0.15, -0.1) is 0 Å². The van der Waals surface area contributed by atoms with Gasteiger partial charge < -0.3 is 0 Å². The molecule has 0 aliphatic heterocycles. The first-order valence-corrected chi connectivity index (χ1v) is 137. The largest absolute Gasteiger partial charge is 0.0948 e. The van der Waals surface area contributed by atoms with E-state index >= 15 is 0 Å². The van der Waals surface area contributed by atoms with Crippen LogP contribution in [0, 0.1) is 0 Å². The summed E-state index contributed by atoms with van der Waals surface area (Å²) in [6.45, 7) is 0. The van der Waals surface area contributed by atoms with Gasteiger partial charge in [0.25, 0.3) is 0 Å². The Bertz CT molecular complexity index is 7000. The predicted molar refractivity (Wildman–Crippen MR) is 678 cm³/mol. The van der Waals surface area contributed by atoms with Gasteiger partial charge in [-0.25, -0.2) is 0 Å². The molecular formula is HIS90. The minimum atomic E-state index is -4.16. The molecule has 0 saturated heterocycles. The molecule has 0 heterocycles. The number of rotatable bonds is 29. The molecule has 0 rings (SSSR count). The van der Waals surface area contributed by atoms with Crippen LogP contribution in [-0.2, 0) is 817 Å². The zero-order valence-electron chi connectivity index (χ0n) is 37.2. The maximum absolute atomic E-state index is 6.21. The third-order valence-electron chi connectivity index (χ3n) is 7.17. The number of thiol groups is 1. The summed E-state index contributed by atoms with van der Waals surface area (Å²) in [6.07, 6.45) is 0. The predicted octanol–water partition coefficient (Wildman–Crippen LogP) is 1.05. The summed E-state index contributed by atoms with van der Waals surface area (Å²) < 4.78 is -2.76. The highest BCUT2D eigenvalue weighted by atomic mass is 127. The molecule has 0 nitrogen and oxygen atoms in total. The number of hydrogen-bond donors (Lipinski definition) is 1. The van der Waals surface area contributed by atoms with Crippen LogP contribution >= 0.6 is 32.9 Å². The first kappa shape index (κ1) is 116. The van der Waals surface area contributed by atoms with Gasteiger partial charge >= 0.3 is 0 Å². The second-order valence-electron chi connectivity index (χ2n) is 12.0. The molecule has 0 radical (unpaired) electrons. The Balaban J connectivity index is 8.79. The quantitative estimate of drug-likeness (QED) is 0.0492. The summed E-state index contributed by atoms with van der Waals surface area (Å²) in [4.78, 5) is 0. The van der Waals surface area contributed by atoms with E-state index in [1.54, 1.807) is 21.2 Å². The second-order valence-corrected chi connectivity index (χ2v) is 331. The normalized spacial score (nSPS) is 17.3. The summed E-state index contributed by atoms with van der Waals surface area (Å²) in [5.41, 5.74) is 0. The number of hydrogen-bond acceptors (Lipinski definition) is 59. The van der Waals surface area contributed by atoms with Crippen molar-refractivity contribution in [3.63, 3.8) is 0 Å². The fraction of sp³-hybridized carbons (Fsp3) is 0. The SMILES string of the molecule is S=S(S)S(=S)(=S)S(=S)(=S)S(=S)(=S)S(=S)(=S)S(=S)(=S)S(=S)(=S)S(=S)(=S)S(=S)(=S)S(=S)(=S)S(=S)(=S)S(=S)(=S)S(=S)(=S)S(=S)(=S)S(=S)(=S)S(=S)(=S)S(=S)(=S)S(=S)(=S)S(=S)(=S)S(=S)(=S)S(=S)(=S)S(=S)(=S)S(=S)(=S)S(=S)(=S)S(=S)(=S)S(=S)(=S)S(=S)(=S)S(=S)(=S)S(=S)(=S)S(=S)(=S)I. The van der Waals surface area contributed by atoms with Gasteiger partial charge in [-0.05, 0) is 660 Å². The highest BCUT2D eigenvalue weighted by Gasteiger charge is 2.50. The molecule has 0 N–H and O–H groups in total. The molecule has 1 atom stereocenters. The van der Waals surface area contributed by atoms with Crippen LogP contribution in [0.5, 0.6) is 0 Å². The van der Waals surface area contributed by atoms with E-state index in [0.717, 1.165) is 0 Å². The van der Waals surface area contributed by atoms with Gasteiger partial charge in [-0.2, -0.15) is 0 Å². The minimum absolute atomic E-state index is 1.48. The Hall–Kier alpha value is 24.6. The maximum Gasteiger partial charge on any atom is 0.0451 e. The zero-order chi connectivity index (χ0) is 76.1. The molecule has 91 heavy (non-hydrogen) atoms. The van der Waals surface area contributed by atoms with Gasteiger partial charge in [0.1, 0.15) is 0 Å². The topological polar surface area (TPSA) is 0 Å². The lowest BCUT2D eigenvalue weighted by molar-refractivity contribution is 4.96. The van der Waals surface area contributed by atoms with Crippen molar-refractivity contribution in [3.8, 4) is 0 Å². The average molecular weight is 3010 g/mol. The van der Waals surface area contributed by atoms with Gasteiger partial charge in [-0.1, -0.05) is 11.7 Å². The van der Waals surface area contributed by atoms with E-state index in [-0.39, 0.29) is 0 Å². The van der Waals surface area contributed by atoms with Crippen LogP contribution in [-0.4, -0.2) is 0 Å². The van der Waals surface area contributed by atoms with Gasteiger partial charge in [0, 0.05) is 178 Å². The maximum atomic E-state index is 6.21. The highest BCUT2D eigenvalue weighted by molar-refractivity contribution is 14.2. The van der Waals surface area contributed by atoms with Crippen molar-refractivity contribution in [1.29, 1.82) is 0 Å². The Labute approximate surface area is 823 Å². The van der Waals surface area contributed by atoms with Gasteiger partial charge in [0.15, 0.2) is 0 Å². The highest BCUT2D eigenvalue weighted by Crippen LogP contribution is 2.46. The van der Waals surface area contributed by atoms with Crippen LogP contribution < -0.4 is 0 Å². The smallest absolute Gasteiger partial charge is 0.0451 e. The molecule has 91 heteroatoms. The summed E-state index contributed by atoms with van der Waals surface area (Å²) in [7, 11) is -1.48. The second kappa shape index (κ2) is 36.4. The minimum Gasteiger partial charge on any atom is -0.0948 e. The van der Waals surface area contributed by atoms with Crippen LogP contribution in [0.15, 0.2) is 0 Å². The first-order chi connectivity index (χ1) is 37.9. The van der Waals surface area contributed by atoms with Crippen molar-refractivity contribution >= 4 is 850 Å². The lowest BCUT2D eigenvalue weighted by atomic mass is 29.7. The van der Waals surface area contributed by atoms with Gasteiger partial charge in [0.05, 0.1) is 0 Å². The van der Waals surface area contributed by atoms with E-state index < -0.39 is 157 Å². The van der Waals surface area contributed by atoms with E-state index in [2.05, 4.69) is 11.7 Å². The molecule has 0 aliphatic carbocycles. The van der Waals surface area contributed by atoms with Crippen molar-refractivity contribution in [1.82, 2.24) is 0 Å².